The van der Waals surface area contributed by atoms with Crippen LogP contribution in [-0.4, -0.2) is 31.5 Å². The average Bonchev–Trinajstić information content (AvgIpc) is 3.04. The maximum atomic E-state index is 12.3. The van der Waals surface area contributed by atoms with E-state index in [1.54, 1.807) is 29.5 Å². The lowest BCUT2D eigenvalue weighted by atomic mass is 9.87. The lowest BCUT2D eigenvalue weighted by Gasteiger charge is -2.26. The zero-order valence-corrected chi connectivity index (χ0v) is 12.1. The van der Waals surface area contributed by atoms with Crippen molar-refractivity contribution in [3.63, 3.8) is 0 Å². The van der Waals surface area contributed by atoms with E-state index in [0.29, 0.717) is 11.5 Å². The van der Waals surface area contributed by atoms with Crippen molar-refractivity contribution >= 4 is 5.91 Å². The van der Waals surface area contributed by atoms with Crippen LogP contribution in [0.2, 0.25) is 0 Å². The number of carbonyl (C=O) groups is 1. The minimum absolute atomic E-state index is 0.149. The molecule has 21 heavy (non-hydrogen) atoms. The summed E-state index contributed by atoms with van der Waals surface area (Å²) >= 11 is 0. The molecule has 0 atom stereocenters. The summed E-state index contributed by atoms with van der Waals surface area (Å²) in [5.74, 6) is 1.21. The molecule has 2 aromatic heterocycles. The Morgan fingerprint density at radius 2 is 2.05 bits per heavy atom. The molecule has 0 aliphatic heterocycles. The zero-order valence-electron chi connectivity index (χ0n) is 12.1. The van der Waals surface area contributed by atoms with E-state index < -0.39 is 0 Å². The Hall–Kier alpha value is -2.24. The Labute approximate surface area is 123 Å². The van der Waals surface area contributed by atoms with Crippen molar-refractivity contribution in [2.45, 2.75) is 38.6 Å². The van der Waals surface area contributed by atoms with Crippen molar-refractivity contribution in [2.24, 2.45) is 5.92 Å². The molecule has 0 unspecified atom stereocenters. The largest absolute Gasteiger partial charge is 0.348 e. The lowest BCUT2D eigenvalue weighted by Crippen LogP contribution is -2.37. The summed E-state index contributed by atoms with van der Waals surface area (Å²) in [6, 6.07) is 0.257. The molecule has 1 saturated carbocycles. The van der Waals surface area contributed by atoms with E-state index >= 15 is 0 Å². The van der Waals surface area contributed by atoms with Crippen molar-refractivity contribution in [3.8, 4) is 5.82 Å². The van der Waals surface area contributed by atoms with Crippen LogP contribution in [0.5, 0.6) is 0 Å². The molecule has 1 aliphatic carbocycles. The predicted molar refractivity (Wildman–Crippen MR) is 78.0 cm³/mol. The summed E-state index contributed by atoms with van der Waals surface area (Å²) in [4.78, 5) is 24.7. The molecule has 0 spiro atoms. The first-order valence-corrected chi connectivity index (χ1v) is 7.33. The highest BCUT2D eigenvalue weighted by Crippen LogP contribution is 2.23. The van der Waals surface area contributed by atoms with E-state index in [1.165, 1.54) is 19.0 Å². The Kier molecular flexibility index (Phi) is 3.94. The van der Waals surface area contributed by atoms with Crippen LogP contribution >= 0.6 is 0 Å². The Balaban J connectivity index is 1.69. The molecule has 6 heteroatoms. The van der Waals surface area contributed by atoms with Gasteiger partial charge in [0.25, 0.3) is 5.91 Å². The van der Waals surface area contributed by atoms with Gasteiger partial charge in [0.05, 0.1) is 12.4 Å². The van der Waals surface area contributed by atoms with Crippen molar-refractivity contribution in [1.29, 1.82) is 0 Å². The first-order chi connectivity index (χ1) is 10.2. The summed E-state index contributed by atoms with van der Waals surface area (Å²) in [5.41, 5.74) is 0.347. The minimum atomic E-state index is -0.149. The molecule has 0 aromatic carbocycles. The third-order valence-electron chi connectivity index (χ3n) is 3.97. The second-order valence-corrected chi connectivity index (χ2v) is 5.66. The maximum Gasteiger partial charge on any atom is 0.271 e. The minimum Gasteiger partial charge on any atom is -0.348 e. The van der Waals surface area contributed by atoms with Crippen LogP contribution in [0, 0.1) is 5.92 Å². The normalized spacial score (nSPS) is 22.0. The van der Waals surface area contributed by atoms with Crippen LogP contribution in [0.15, 0.2) is 31.1 Å². The standard InChI is InChI=1S/C15H19N5O/c1-11-2-4-12(5-3-11)18-15(21)13-8-17-9-14(19-13)20-7-6-16-10-20/h6-12H,2-5H2,1H3,(H,18,21). The topological polar surface area (TPSA) is 72.7 Å². The molecule has 1 N–H and O–H groups in total. The number of hydrogen-bond acceptors (Lipinski definition) is 4. The van der Waals surface area contributed by atoms with Gasteiger partial charge in [0.1, 0.15) is 12.0 Å². The van der Waals surface area contributed by atoms with Crippen LogP contribution < -0.4 is 5.32 Å². The van der Waals surface area contributed by atoms with Gasteiger partial charge in [-0.2, -0.15) is 0 Å². The van der Waals surface area contributed by atoms with E-state index in [-0.39, 0.29) is 11.9 Å². The van der Waals surface area contributed by atoms with Crippen LogP contribution in [-0.2, 0) is 0 Å². The second-order valence-electron chi connectivity index (χ2n) is 5.66. The summed E-state index contributed by atoms with van der Waals surface area (Å²) in [6.07, 6.45) is 12.6. The molecule has 0 radical (unpaired) electrons. The molecule has 2 heterocycles. The Morgan fingerprint density at radius 3 is 2.76 bits per heavy atom. The number of hydrogen-bond donors (Lipinski definition) is 1. The quantitative estimate of drug-likeness (QED) is 0.935. The molecule has 3 rings (SSSR count). The molecule has 6 nitrogen and oxygen atoms in total. The smallest absolute Gasteiger partial charge is 0.271 e. The van der Waals surface area contributed by atoms with Crippen LogP contribution in [0.1, 0.15) is 43.1 Å². The molecule has 2 aromatic rings. The molecule has 1 fully saturated rings. The SMILES string of the molecule is CC1CCC(NC(=O)c2cncc(-n3ccnc3)n2)CC1. The van der Waals surface area contributed by atoms with Gasteiger partial charge < -0.3 is 5.32 Å². The summed E-state index contributed by atoms with van der Waals surface area (Å²) in [7, 11) is 0. The number of nitrogens with one attached hydrogen (secondary N) is 1. The first-order valence-electron chi connectivity index (χ1n) is 7.33. The highest BCUT2D eigenvalue weighted by atomic mass is 16.1. The second kappa shape index (κ2) is 6.03. The van der Waals surface area contributed by atoms with Crippen LogP contribution in [0.3, 0.4) is 0 Å². The van der Waals surface area contributed by atoms with E-state index in [9.17, 15) is 4.79 Å². The number of imidazole rings is 1. The fourth-order valence-electron chi connectivity index (χ4n) is 2.65. The number of nitrogens with zero attached hydrogens (tertiary/aromatic N) is 4. The molecule has 0 bridgehead atoms. The van der Waals surface area contributed by atoms with E-state index in [1.807, 2.05) is 0 Å². The fourth-order valence-corrected chi connectivity index (χ4v) is 2.65. The van der Waals surface area contributed by atoms with Gasteiger partial charge in [-0.25, -0.2) is 9.97 Å². The molecule has 0 saturated heterocycles. The summed E-state index contributed by atoms with van der Waals surface area (Å²) in [5, 5.41) is 3.06. The van der Waals surface area contributed by atoms with Gasteiger partial charge in [-0.3, -0.25) is 14.3 Å². The zero-order chi connectivity index (χ0) is 14.7. The fraction of sp³-hybridized carbons (Fsp3) is 0.467. The number of rotatable bonds is 3. The van der Waals surface area contributed by atoms with Crippen molar-refractivity contribution < 1.29 is 4.79 Å². The van der Waals surface area contributed by atoms with Gasteiger partial charge in [-0.05, 0) is 31.6 Å². The van der Waals surface area contributed by atoms with Gasteiger partial charge >= 0.3 is 0 Å². The monoisotopic (exact) mass is 285 g/mol. The van der Waals surface area contributed by atoms with Crippen molar-refractivity contribution in [2.75, 3.05) is 0 Å². The van der Waals surface area contributed by atoms with Gasteiger partial charge in [0.2, 0.25) is 0 Å². The first kappa shape index (κ1) is 13.7. The third-order valence-corrected chi connectivity index (χ3v) is 3.97. The van der Waals surface area contributed by atoms with Crippen LogP contribution in [0.4, 0.5) is 0 Å². The molecular formula is C15H19N5O. The highest BCUT2D eigenvalue weighted by Gasteiger charge is 2.21. The number of amides is 1. The van der Waals surface area contributed by atoms with E-state index in [0.717, 1.165) is 18.8 Å². The highest BCUT2D eigenvalue weighted by molar-refractivity contribution is 5.92. The molecule has 110 valence electrons. The van der Waals surface area contributed by atoms with Gasteiger partial charge in [-0.15, -0.1) is 0 Å². The summed E-state index contributed by atoms with van der Waals surface area (Å²) in [6.45, 7) is 2.26. The number of aromatic nitrogens is 4. The third kappa shape index (κ3) is 3.26. The van der Waals surface area contributed by atoms with Gasteiger partial charge in [0.15, 0.2) is 5.82 Å². The Morgan fingerprint density at radius 1 is 1.24 bits per heavy atom. The molecule has 1 amide bonds. The Bertz CT molecular complexity index is 602. The lowest BCUT2D eigenvalue weighted by molar-refractivity contribution is 0.0917. The van der Waals surface area contributed by atoms with Crippen molar-refractivity contribution in [1.82, 2.24) is 24.8 Å². The van der Waals surface area contributed by atoms with Crippen molar-refractivity contribution in [3.05, 3.63) is 36.8 Å². The number of carbonyl (C=O) groups excluding carboxylic acids is 1. The van der Waals surface area contributed by atoms with Gasteiger partial charge in [-0.1, -0.05) is 6.92 Å². The molecule has 1 aliphatic rings. The van der Waals surface area contributed by atoms with Gasteiger partial charge in [0, 0.05) is 18.4 Å². The molecular weight excluding hydrogens is 266 g/mol. The van der Waals surface area contributed by atoms with E-state index in [4.69, 9.17) is 0 Å². The maximum absolute atomic E-state index is 12.3. The van der Waals surface area contributed by atoms with Crippen LogP contribution in [0.25, 0.3) is 5.82 Å². The van der Waals surface area contributed by atoms with E-state index in [2.05, 4.69) is 27.2 Å². The summed E-state index contributed by atoms with van der Waals surface area (Å²) < 4.78 is 1.73. The predicted octanol–water partition coefficient (Wildman–Crippen LogP) is 1.97. The average molecular weight is 285 g/mol.